The van der Waals surface area contributed by atoms with E-state index in [2.05, 4.69) is 31.4 Å². The van der Waals surface area contributed by atoms with Gasteiger partial charge in [-0.3, -0.25) is 4.99 Å². The lowest BCUT2D eigenvalue weighted by atomic mass is 10.2. The Morgan fingerprint density at radius 1 is 1.16 bits per heavy atom. The van der Waals surface area contributed by atoms with Crippen LogP contribution in [0.3, 0.4) is 0 Å². The maximum absolute atomic E-state index is 9.62. The van der Waals surface area contributed by atoms with E-state index in [0.717, 1.165) is 26.1 Å². The first-order chi connectivity index (χ1) is 12.0. The number of hydrogen-bond donors (Lipinski definition) is 1. The summed E-state index contributed by atoms with van der Waals surface area (Å²) in [5.41, 5.74) is 2.84. The highest BCUT2D eigenvalue weighted by molar-refractivity contribution is 9.10. The molecular formula is C19H18BrN3OS. The Morgan fingerprint density at radius 3 is 2.68 bits per heavy atom. The fraction of sp³-hybridized carbons (Fsp3) is 0.158. The van der Waals surface area contributed by atoms with Gasteiger partial charge in [0.05, 0.1) is 11.9 Å². The van der Waals surface area contributed by atoms with E-state index in [4.69, 9.17) is 0 Å². The number of thiazole rings is 1. The molecule has 0 spiro atoms. The smallest absolute Gasteiger partial charge is 0.206 e. The summed E-state index contributed by atoms with van der Waals surface area (Å²) < 4.78 is 2.85. The average Bonchev–Trinajstić information content (AvgIpc) is 2.95. The van der Waals surface area contributed by atoms with E-state index in [1.807, 2.05) is 48.9 Å². The number of nitrogens with zero attached hydrogens (tertiary/aromatic N) is 3. The highest BCUT2D eigenvalue weighted by Gasteiger charge is 2.10. The summed E-state index contributed by atoms with van der Waals surface area (Å²) in [6, 6.07) is 15.2. The Morgan fingerprint density at radius 2 is 1.96 bits per heavy atom. The predicted octanol–water partition coefficient (Wildman–Crippen LogP) is 4.88. The first-order valence-electron chi connectivity index (χ1n) is 7.87. The number of aromatic hydroxyl groups is 1. The second kappa shape index (κ2) is 7.80. The molecular weight excluding hydrogens is 398 g/mol. The van der Waals surface area contributed by atoms with Gasteiger partial charge in [0.15, 0.2) is 0 Å². The molecule has 1 heterocycles. The highest BCUT2D eigenvalue weighted by Crippen LogP contribution is 2.28. The van der Waals surface area contributed by atoms with Gasteiger partial charge in [-0.25, -0.2) is 4.68 Å². The summed E-state index contributed by atoms with van der Waals surface area (Å²) in [6.45, 7) is 4.09. The van der Waals surface area contributed by atoms with Gasteiger partial charge in [0.1, 0.15) is 5.75 Å². The Bertz CT molecular complexity index is 973. The zero-order valence-electron chi connectivity index (χ0n) is 13.9. The van der Waals surface area contributed by atoms with E-state index in [1.165, 1.54) is 0 Å². The van der Waals surface area contributed by atoms with Crippen LogP contribution in [0.15, 0.2) is 68.5 Å². The summed E-state index contributed by atoms with van der Waals surface area (Å²) in [5.74, 6) is 0.220. The fourth-order valence-electron chi connectivity index (χ4n) is 2.31. The van der Waals surface area contributed by atoms with Gasteiger partial charge >= 0.3 is 0 Å². The van der Waals surface area contributed by atoms with Gasteiger partial charge in [-0.1, -0.05) is 46.3 Å². The molecule has 0 aliphatic carbocycles. The van der Waals surface area contributed by atoms with Crippen molar-refractivity contribution >= 4 is 33.5 Å². The quantitative estimate of drug-likeness (QED) is 0.606. The number of hydrogen-bond acceptors (Lipinski definition) is 4. The molecule has 0 unspecified atom stereocenters. The highest BCUT2D eigenvalue weighted by atomic mass is 79.9. The third-order valence-electron chi connectivity index (χ3n) is 3.40. The first-order valence-corrected chi connectivity index (χ1v) is 9.54. The van der Waals surface area contributed by atoms with Crippen LogP contribution in [0.1, 0.15) is 19.4 Å². The van der Waals surface area contributed by atoms with E-state index in [1.54, 1.807) is 35.8 Å². The molecule has 3 aromatic rings. The minimum Gasteiger partial charge on any atom is -0.508 e. The number of halogens is 1. The third-order valence-corrected chi connectivity index (χ3v) is 4.92. The molecule has 25 heavy (non-hydrogen) atoms. The van der Waals surface area contributed by atoms with Crippen molar-refractivity contribution in [3.05, 3.63) is 68.7 Å². The van der Waals surface area contributed by atoms with Gasteiger partial charge in [-0.2, -0.15) is 5.10 Å². The Kier molecular flexibility index (Phi) is 5.50. The Labute approximate surface area is 158 Å². The summed E-state index contributed by atoms with van der Waals surface area (Å²) in [5, 5.41) is 16.3. The molecule has 6 heteroatoms. The molecule has 2 aromatic carbocycles. The van der Waals surface area contributed by atoms with Crippen LogP contribution in [-0.2, 0) is 0 Å². The molecule has 1 N–H and O–H groups in total. The second-order valence-electron chi connectivity index (χ2n) is 5.76. The minimum absolute atomic E-state index is 0.174. The molecule has 0 aliphatic heterocycles. The van der Waals surface area contributed by atoms with Crippen molar-refractivity contribution in [2.75, 3.05) is 0 Å². The van der Waals surface area contributed by atoms with Crippen LogP contribution < -0.4 is 4.80 Å². The molecule has 1 aromatic heterocycles. The van der Waals surface area contributed by atoms with Crippen LogP contribution >= 0.6 is 27.3 Å². The Hall–Kier alpha value is -2.18. The maximum atomic E-state index is 9.62. The molecule has 128 valence electrons. The summed E-state index contributed by atoms with van der Waals surface area (Å²) in [4.78, 5) is 5.50. The van der Waals surface area contributed by atoms with Crippen molar-refractivity contribution < 1.29 is 5.11 Å². The maximum Gasteiger partial charge on any atom is 0.206 e. The van der Waals surface area contributed by atoms with Gasteiger partial charge in [0, 0.05) is 21.5 Å². The van der Waals surface area contributed by atoms with E-state index in [-0.39, 0.29) is 11.8 Å². The third kappa shape index (κ3) is 4.27. The van der Waals surface area contributed by atoms with Crippen LogP contribution in [0.2, 0.25) is 0 Å². The summed E-state index contributed by atoms with van der Waals surface area (Å²) >= 11 is 5.17. The number of phenols is 1. The van der Waals surface area contributed by atoms with Gasteiger partial charge < -0.3 is 5.11 Å². The SMILES string of the molecule is CC(C)N=c1scc(-c2ccccc2Br)n1N=Cc1cccc(O)c1. The van der Waals surface area contributed by atoms with E-state index in [0.29, 0.717) is 0 Å². The van der Waals surface area contributed by atoms with Crippen LogP contribution in [0, 0.1) is 0 Å². The number of benzene rings is 2. The average molecular weight is 416 g/mol. The number of phenolic OH excluding ortho intramolecular Hbond substituents is 1. The summed E-state index contributed by atoms with van der Waals surface area (Å²) in [7, 11) is 0. The monoisotopic (exact) mass is 415 g/mol. The van der Waals surface area contributed by atoms with Crippen LogP contribution in [-0.4, -0.2) is 22.0 Å². The number of aromatic nitrogens is 1. The molecule has 0 bridgehead atoms. The predicted molar refractivity (Wildman–Crippen MR) is 107 cm³/mol. The van der Waals surface area contributed by atoms with Gasteiger partial charge in [-0.15, -0.1) is 11.3 Å². The van der Waals surface area contributed by atoms with E-state index >= 15 is 0 Å². The van der Waals surface area contributed by atoms with Gasteiger partial charge in [0.2, 0.25) is 4.80 Å². The largest absolute Gasteiger partial charge is 0.508 e. The lowest BCUT2D eigenvalue weighted by Crippen LogP contribution is -2.14. The van der Waals surface area contributed by atoms with Crippen LogP contribution in [0.4, 0.5) is 0 Å². The molecule has 0 radical (unpaired) electrons. The minimum atomic E-state index is 0.174. The zero-order valence-corrected chi connectivity index (χ0v) is 16.3. The van der Waals surface area contributed by atoms with Crippen molar-refractivity contribution in [3.63, 3.8) is 0 Å². The van der Waals surface area contributed by atoms with Gasteiger partial charge in [0.25, 0.3) is 0 Å². The lowest BCUT2D eigenvalue weighted by molar-refractivity contribution is 0.475. The molecule has 3 rings (SSSR count). The molecule has 4 nitrogen and oxygen atoms in total. The van der Waals surface area contributed by atoms with Crippen molar-refractivity contribution in [1.29, 1.82) is 0 Å². The molecule has 0 saturated heterocycles. The topological polar surface area (TPSA) is 49.9 Å². The molecule has 0 saturated carbocycles. The zero-order chi connectivity index (χ0) is 17.8. The first kappa shape index (κ1) is 17.6. The fourth-order valence-corrected chi connectivity index (χ4v) is 3.75. The van der Waals surface area contributed by atoms with Gasteiger partial charge in [-0.05, 0) is 37.6 Å². The van der Waals surface area contributed by atoms with E-state index < -0.39 is 0 Å². The Balaban J connectivity index is 2.13. The molecule has 0 amide bonds. The summed E-state index contributed by atoms with van der Waals surface area (Å²) in [6.07, 6.45) is 1.73. The van der Waals surface area contributed by atoms with Crippen molar-refractivity contribution in [3.8, 4) is 17.0 Å². The molecule has 0 atom stereocenters. The molecule has 0 aliphatic rings. The van der Waals surface area contributed by atoms with Crippen molar-refractivity contribution in [2.45, 2.75) is 19.9 Å². The normalized spacial score (nSPS) is 12.4. The van der Waals surface area contributed by atoms with Crippen molar-refractivity contribution in [2.24, 2.45) is 10.1 Å². The van der Waals surface area contributed by atoms with Crippen LogP contribution in [0.5, 0.6) is 5.75 Å². The second-order valence-corrected chi connectivity index (χ2v) is 7.45. The molecule has 0 fully saturated rings. The number of rotatable bonds is 4. The standard InChI is InChI=1S/C19H18BrN3OS/c1-13(2)22-19-23(21-11-14-6-5-7-15(24)10-14)18(12-25-19)16-8-3-4-9-17(16)20/h3-13,24H,1-2H3. The van der Waals surface area contributed by atoms with E-state index in [9.17, 15) is 5.11 Å². The van der Waals surface area contributed by atoms with Crippen molar-refractivity contribution in [1.82, 2.24) is 4.68 Å². The lowest BCUT2D eigenvalue weighted by Gasteiger charge is -2.06. The van der Waals surface area contributed by atoms with Crippen LogP contribution in [0.25, 0.3) is 11.3 Å².